The Hall–Kier alpha value is 0.162. The van der Waals surface area contributed by atoms with Gasteiger partial charge in [0.25, 0.3) is 0 Å². The fourth-order valence-electron chi connectivity index (χ4n) is 2.39. The van der Waals surface area contributed by atoms with E-state index < -0.39 is 8.32 Å². The van der Waals surface area contributed by atoms with E-state index in [1.54, 1.807) is 0 Å². The Morgan fingerprint density at radius 1 is 1.10 bits per heavy atom. The van der Waals surface area contributed by atoms with Crippen LogP contribution in [0.5, 0.6) is 0 Å². The summed E-state index contributed by atoms with van der Waals surface area (Å²) in [6, 6.07) is 0. The van der Waals surface area contributed by atoms with Gasteiger partial charge < -0.3 is 13.7 Å². The number of hydrogen-bond acceptors (Lipinski definition) is 3. The first-order chi connectivity index (χ1) is 9.27. The summed E-state index contributed by atoms with van der Waals surface area (Å²) in [6.07, 6.45) is 1.17. The van der Waals surface area contributed by atoms with Gasteiger partial charge in [0.1, 0.15) is 0 Å². The molecule has 1 saturated carbocycles. The molecule has 1 aliphatic carbocycles. The van der Waals surface area contributed by atoms with E-state index in [9.17, 15) is 0 Å². The van der Waals surface area contributed by atoms with Crippen LogP contribution < -0.4 is 0 Å². The standard InChI is InChI=1S/C16H33BO3Si/c1-14(2,3)21(8,9)18-11-12-10-13(12)17-19-15(4,5)16(6,7)20-17/h12-13H,10-11H2,1-9H3/t12-,13+/m0/s1. The molecule has 1 aliphatic heterocycles. The maximum absolute atomic E-state index is 6.34. The molecular weight excluding hydrogens is 279 g/mol. The number of hydrogen-bond donors (Lipinski definition) is 0. The van der Waals surface area contributed by atoms with E-state index in [0.29, 0.717) is 11.7 Å². The molecule has 3 nitrogen and oxygen atoms in total. The van der Waals surface area contributed by atoms with E-state index in [1.807, 2.05) is 0 Å². The Morgan fingerprint density at radius 2 is 1.57 bits per heavy atom. The highest BCUT2D eigenvalue weighted by molar-refractivity contribution is 6.74. The van der Waals surface area contributed by atoms with Crippen molar-refractivity contribution in [2.45, 2.75) is 90.0 Å². The second kappa shape index (κ2) is 5.08. The maximum atomic E-state index is 6.34. The van der Waals surface area contributed by atoms with Crippen molar-refractivity contribution in [1.82, 2.24) is 0 Å². The van der Waals surface area contributed by atoms with Crippen LogP contribution in [0.1, 0.15) is 54.9 Å². The molecule has 2 aliphatic rings. The van der Waals surface area contributed by atoms with Crippen molar-refractivity contribution in [2.24, 2.45) is 5.92 Å². The van der Waals surface area contributed by atoms with Gasteiger partial charge in [0.15, 0.2) is 8.32 Å². The highest BCUT2D eigenvalue weighted by Crippen LogP contribution is 2.53. The molecule has 0 aromatic carbocycles. The largest absolute Gasteiger partial charge is 0.461 e. The zero-order valence-corrected chi connectivity index (χ0v) is 16.4. The summed E-state index contributed by atoms with van der Waals surface area (Å²) in [6.45, 7) is 20.9. The van der Waals surface area contributed by atoms with Gasteiger partial charge >= 0.3 is 7.12 Å². The van der Waals surface area contributed by atoms with E-state index in [4.69, 9.17) is 13.7 Å². The van der Waals surface area contributed by atoms with Crippen LogP contribution in [0, 0.1) is 5.92 Å². The molecule has 122 valence electrons. The van der Waals surface area contributed by atoms with E-state index in [-0.39, 0.29) is 23.4 Å². The molecule has 0 radical (unpaired) electrons. The first-order valence-corrected chi connectivity index (χ1v) is 11.2. The minimum absolute atomic E-state index is 0.0528. The molecule has 1 heterocycles. The molecular formula is C16H33BO3Si. The quantitative estimate of drug-likeness (QED) is 0.716. The van der Waals surface area contributed by atoms with Crippen molar-refractivity contribution in [3.8, 4) is 0 Å². The van der Waals surface area contributed by atoms with Gasteiger partial charge in [-0.1, -0.05) is 20.8 Å². The van der Waals surface area contributed by atoms with Crippen LogP contribution in [-0.4, -0.2) is 33.2 Å². The fraction of sp³-hybridized carbons (Fsp3) is 1.00. The maximum Gasteiger partial charge on any atom is 0.461 e. The summed E-state index contributed by atoms with van der Waals surface area (Å²) in [5.41, 5.74) is -0.434. The lowest BCUT2D eigenvalue weighted by atomic mass is 9.81. The Kier molecular flexibility index (Phi) is 4.24. The lowest BCUT2D eigenvalue weighted by molar-refractivity contribution is 0.00578. The van der Waals surface area contributed by atoms with E-state index in [0.717, 1.165) is 6.61 Å². The van der Waals surface area contributed by atoms with Gasteiger partial charge in [-0.05, 0) is 64.0 Å². The zero-order valence-electron chi connectivity index (χ0n) is 15.4. The third-order valence-electron chi connectivity index (χ3n) is 6.06. The molecule has 0 spiro atoms. The smallest absolute Gasteiger partial charge is 0.417 e. The van der Waals surface area contributed by atoms with Crippen LogP contribution in [0.25, 0.3) is 0 Å². The van der Waals surface area contributed by atoms with Gasteiger partial charge in [0.2, 0.25) is 0 Å². The molecule has 21 heavy (non-hydrogen) atoms. The van der Waals surface area contributed by atoms with E-state index in [1.165, 1.54) is 6.42 Å². The van der Waals surface area contributed by atoms with Crippen LogP contribution in [0.15, 0.2) is 0 Å². The summed E-state index contributed by atoms with van der Waals surface area (Å²) >= 11 is 0. The topological polar surface area (TPSA) is 27.7 Å². The zero-order chi connectivity index (χ0) is 16.3. The lowest BCUT2D eigenvalue weighted by Gasteiger charge is -2.36. The van der Waals surface area contributed by atoms with Gasteiger partial charge in [-0.15, -0.1) is 0 Å². The molecule has 1 saturated heterocycles. The average molecular weight is 312 g/mol. The normalized spacial score (nSPS) is 31.6. The molecule has 0 aromatic rings. The van der Waals surface area contributed by atoms with Crippen molar-refractivity contribution in [3.63, 3.8) is 0 Å². The summed E-state index contributed by atoms with van der Waals surface area (Å²) in [5.74, 6) is 1.12. The summed E-state index contributed by atoms with van der Waals surface area (Å²) in [5, 5.41) is 0.279. The van der Waals surface area contributed by atoms with E-state index in [2.05, 4.69) is 61.6 Å². The van der Waals surface area contributed by atoms with Crippen molar-refractivity contribution in [1.29, 1.82) is 0 Å². The van der Waals surface area contributed by atoms with Crippen molar-refractivity contribution >= 4 is 15.4 Å². The molecule has 0 N–H and O–H groups in total. The summed E-state index contributed by atoms with van der Waals surface area (Å²) < 4.78 is 18.6. The first-order valence-electron chi connectivity index (χ1n) is 8.26. The van der Waals surface area contributed by atoms with Gasteiger partial charge in [-0.25, -0.2) is 0 Å². The molecule has 2 rings (SSSR count). The minimum atomic E-state index is -1.64. The Balaban J connectivity index is 1.85. The molecule has 0 bridgehead atoms. The third kappa shape index (κ3) is 3.41. The molecule has 5 heteroatoms. The Labute approximate surface area is 132 Å². The fourth-order valence-corrected chi connectivity index (χ4v) is 3.46. The summed E-state index contributed by atoms with van der Waals surface area (Å²) in [7, 11) is -1.69. The second-order valence-electron chi connectivity index (χ2n) is 9.36. The lowest BCUT2D eigenvalue weighted by Crippen LogP contribution is -2.41. The highest BCUT2D eigenvalue weighted by Gasteiger charge is 2.59. The first kappa shape index (κ1) is 17.5. The van der Waals surface area contributed by atoms with Crippen LogP contribution in [-0.2, 0) is 13.7 Å². The summed E-state index contributed by atoms with van der Waals surface area (Å²) in [4.78, 5) is 0. The predicted molar refractivity (Wildman–Crippen MR) is 91.1 cm³/mol. The van der Waals surface area contributed by atoms with Crippen molar-refractivity contribution in [2.75, 3.05) is 6.61 Å². The van der Waals surface area contributed by atoms with Gasteiger partial charge in [-0.2, -0.15) is 0 Å². The van der Waals surface area contributed by atoms with Gasteiger partial charge in [0, 0.05) is 6.61 Å². The molecule has 0 aromatic heterocycles. The molecule has 0 unspecified atom stereocenters. The van der Waals surface area contributed by atoms with E-state index >= 15 is 0 Å². The third-order valence-corrected chi connectivity index (χ3v) is 10.6. The molecule has 2 fully saturated rings. The van der Waals surface area contributed by atoms with Gasteiger partial charge in [-0.3, -0.25) is 0 Å². The second-order valence-corrected chi connectivity index (χ2v) is 14.2. The van der Waals surface area contributed by atoms with Crippen molar-refractivity contribution in [3.05, 3.63) is 0 Å². The number of rotatable bonds is 4. The van der Waals surface area contributed by atoms with Crippen LogP contribution >= 0.6 is 0 Å². The highest BCUT2D eigenvalue weighted by atomic mass is 28.4. The Bertz CT molecular complexity index is 385. The monoisotopic (exact) mass is 312 g/mol. The SMILES string of the molecule is CC1(C)OB([C@@H]2C[C@H]2CO[Si](C)(C)C(C)(C)C)OC1(C)C. The Morgan fingerprint density at radius 3 is 2.00 bits per heavy atom. The van der Waals surface area contributed by atoms with Gasteiger partial charge in [0.05, 0.1) is 11.2 Å². The van der Waals surface area contributed by atoms with Crippen LogP contribution in [0.4, 0.5) is 0 Å². The predicted octanol–water partition coefficient (Wildman–Crippen LogP) is 4.49. The minimum Gasteiger partial charge on any atom is -0.417 e. The molecule has 2 atom stereocenters. The average Bonchev–Trinajstić information content (AvgIpc) is 2.98. The van der Waals surface area contributed by atoms with Crippen LogP contribution in [0.3, 0.4) is 0 Å². The van der Waals surface area contributed by atoms with Crippen LogP contribution in [0.2, 0.25) is 23.9 Å². The van der Waals surface area contributed by atoms with Crippen molar-refractivity contribution < 1.29 is 13.7 Å². The molecule has 0 amide bonds.